The van der Waals surface area contributed by atoms with E-state index in [2.05, 4.69) is 4.98 Å². The molecule has 0 N–H and O–H groups in total. The zero-order valence-corrected chi connectivity index (χ0v) is 9.26. The van der Waals surface area contributed by atoms with Gasteiger partial charge in [0.25, 0.3) is 0 Å². The SMILES string of the molecule is CC(=S)c1nc2ccc(Cl)cc2s1. The number of nitrogens with zero attached hydrogens (tertiary/aromatic N) is 1. The third kappa shape index (κ3) is 1.73. The van der Waals surface area contributed by atoms with Crippen LogP contribution in [0.1, 0.15) is 11.9 Å². The second-order valence-electron chi connectivity index (χ2n) is 2.69. The molecule has 0 bridgehead atoms. The molecule has 0 spiro atoms. The van der Waals surface area contributed by atoms with Gasteiger partial charge in [0.05, 0.1) is 10.2 Å². The van der Waals surface area contributed by atoms with Crippen LogP contribution in [0, 0.1) is 0 Å². The van der Waals surface area contributed by atoms with Crippen molar-refractivity contribution in [2.75, 3.05) is 0 Å². The first-order chi connectivity index (χ1) is 6.16. The van der Waals surface area contributed by atoms with E-state index in [1.807, 2.05) is 25.1 Å². The number of hydrogen-bond donors (Lipinski definition) is 0. The molecule has 13 heavy (non-hydrogen) atoms. The van der Waals surface area contributed by atoms with E-state index in [4.69, 9.17) is 23.8 Å². The number of hydrogen-bond acceptors (Lipinski definition) is 3. The smallest absolute Gasteiger partial charge is 0.131 e. The molecule has 0 amide bonds. The highest BCUT2D eigenvalue weighted by Crippen LogP contribution is 2.25. The molecule has 0 aliphatic carbocycles. The molecule has 1 heterocycles. The van der Waals surface area contributed by atoms with Crippen molar-refractivity contribution < 1.29 is 0 Å². The summed E-state index contributed by atoms with van der Waals surface area (Å²) in [5.41, 5.74) is 0.966. The Kier molecular flexibility index (Phi) is 2.32. The molecule has 0 atom stereocenters. The van der Waals surface area contributed by atoms with Gasteiger partial charge in [-0.25, -0.2) is 4.98 Å². The molecule has 0 unspecified atom stereocenters. The lowest BCUT2D eigenvalue weighted by atomic mass is 10.3. The largest absolute Gasteiger partial charge is 0.235 e. The molecule has 0 aliphatic rings. The van der Waals surface area contributed by atoms with E-state index in [-0.39, 0.29) is 0 Å². The van der Waals surface area contributed by atoms with Gasteiger partial charge in [0, 0.05) is 9.89 Å². The average Bonchev–Trinajstić information content (AvgIpc) is 2.46. The van der Waals surface area contributed by atoms with Crippen LogP contribution >= 0.6 is 35.2 Å². The number of rotatable bonds is 1. The van der Waals surface area contributed by atoms with Gasteiger partial charge in [0.15, 0.2) is 0 Å². The van der Waals surface area contributed by atoms with Crippen LogP contribution in [0.3, 0.4) is 0 Å². The summed E-state index contributed by atoms with van der Waals surface area (Å²) < 4.78 is 1.09. The van der Waals surface area contributed by atoms with Gasteiger partial charge < -0.3 is 0 Å². The molecule has 0 radical (unpaired) electrons. The van der Waals surface area contributed by atoms with Crippen LogP contribution < -0.4 is 0 Å². The summed E-state index contributed by atoms with van der Waals surface area (Å²) >= 11 is 12.5. The predicted molar refractivity (Wildman–Crippen MR) is 62.0 cm³/mol. The van der Waals surface area contributed by atoms with Crippen LogP contribution in [-0.2, 0) is 0 Å². The fourth-order valence-corrected chi connectivity index (χ4v) is 2.36. The molecule has 2 aromatic rings. The average molecular weight is 228 g/mol. The number of thiocarbonyl (C=S) groups is 1. The lowest BCUT2D eigenvalue weighted by Crippen LogP contribution is -1.85. The molecule has 0 fully saturated rings. The fraction of sp³-hybridized carbons (Fsp3) is 0.111. The monoisotopic (exact) mass is 227 g/mol. The van der Waals surface area contributed by atoms with E-state index in [1.165, 1.54) is 0 Å². The Morgan fingerprint density at radius 3 is 3.00 bits per heavy atom. The van der Waals surface area contributed by atoms with Crippen LogP contribution in [0.5, 0.6) is 0 Å². The number of fused-ring (bicyclic) bond motifs is 1. The van der Waals surface area contributed by atoms with Crippen LogP contribution in [0.25, 0.3) is 10.2 Å². The van der Waals surface area contributed by atoms with Crippen molar-refractivity contribution in [3.8, 4) is 0 Å². The Balaban J connectivity index is 2.68. The molecular weight excluding hydrogens is 222 g/mol. The van der Waals surface area contributed by atoms with Gasteiger partial charge in [-0.2, -0.15) is 0 Å². The van der Waals surface area contributed by atoms with Crippen molar-refractivity contribution in [1.82, 2.24) is 4.98 Å². The first kappa shape index (κ1) is 9.06. The van der Waals surface area contributed by atoms with Crippen molar-refractivity contribution in [3.05, 3.63) is 28.2 Å². The first-order valence-electron chi connectivity index (χ1n) is 3.74. The van der Waals surface area contributed by atoms with E-state index in [0.29, 0.717) is 0 Å². The van der Waals surface area contributed by atoms with Gasteiger partial charge in [-0.05, 0) is 25.1 Å². The number of aromatic nitrogens is 1. The summed E-state index contributed by atoms with van der Waals surface area (Å²) in [6, 6.07) is 5.67. The van der Waals surface area contributed by atoms with Gasteiger partial charge in [0.2, 0.25) is 0 Å². The maximum atomic E-state index is 5.85. The van der Waals surface area contributed by atoms with Crippen LogP contribution in [0.15, 0.2) is 18.2 Å². The summed E-state index contributed by atoms with van der Waals surface area (Å²) in [6.45, 7) is 1.88. The minimum Gasteiger partial charge on any atom is -0.235 e. The molecule has 2 rings (SSSR count). The molecule has 0 aliphatic heterocycles. The van der Waals surface area contributed by atoms with Crippen molar-refractivity contribution in [3.63, 3.8) is 0 Å². The third-order valence-corrected chi connectivity index (χ3v) is 3.35. The molecule has 1 aromatic heterocycles. The van der Waals surface area contributed by atoms with E-state index >= 15 is 0 Å². The first-order valence-corrected chi connectivity index (χ1v) is 5.34. The minimum atomic E-state index is 0.740. The van der Waals surface area contributed by atoms with E-state index in [1.54, 1.807) is 11.3 Å². The van der Waals surface area contributed by atoms with E-state index in [9.17, 15) is 0 Å². The quantitative estimate of drug-likeness (QED) is 0.545. The number of benzene rings is 1. The molecule has 1 aromatic carbocycles. The van der Waals surface area contributed by atoms with Crippen LogP contribution in [0.2, 0.25) is 5.02 Å². The number of halogens is 1. The zero-order valence-electron chi connectivity index (χ0n) is 6.87. The summed E-state index contributed by atoms with van der Waals surface area (Å²) in [5.74, 6) is 0. The molecule has 0 saturated carbocycles. The second kappa shape index (κ2) is 3.33. The van der Waals surface area contributed by atoms with E-state index in [0.717, 1.165) is 25.1 Å². The summed E-state index contributed by atoms with van der Waals surface area (Å²) in [4.78, 5) is 5.20. The molecule has 0 saturated heterocycles. The lowest BCUT2D eigenvalue weighted by Gasteiger charge is -1.86. The topological polar surface area (TPSA) is 12.9 Å². The second-order valence-corrected chi connectivity index (χ2v) is 4.77. The lowest BCUT2D eigenvalue weighted by molar-refractivity contribution is 1.46. The van der Waals surface area contributed by atoms with Gasteiger partial charge in [-0.1, -0.05) is 23.8 Å². The summed E-state index contributed by atoms with van der Waals surface area (Å²) in [5, 5.41) is 1.65. The van der Waals surface area contributed by atoms with Gasteiger partial charge in [0.1, 0.15) is 5.01 Å². The standard InChI is InChI=1S/C9H6ClNS2/c1-5(12)9-11-7-3-2-6(10)4-8(7)13-9/h2-4H,1H3. The molecule has 1 nitrogen and oxygen atoms in total. The summed E-state index contributed by atoms with van der Waals surface area (Å²) in [6.07, 6.45) is 0. The van der Waals surface area contributed by atoms with Crippen molar-refractivity contribution in [1.29, 1.82) is 0 Å². The van der Waals surface area contributed by atoms with Gasteiger partial charge in [-0.15, -0.1) is 11.3 Å². The third-order valence-electron chi connectivity index (χ3n) is 1.65. The molecule has 4 heteroatoms. The Labute approximate surface area is 90.4 Å². The maximum absolute atomic E-state index is 5.85. The van der Waals surface area contributed by atoms with Crippen LogP contribution in [-0.4, -0.2) is 9.85 Å². The van der Waals surface area contributed by atoms with Crippen molar-refractivity contribution >= 4 is 50.2 Å². The van der Waals surface area contributed by atoms with Crippen molar-refractivity contribution in [2.24, 2.45) is 0 Å². The molecular formula is C9H6ClNS2. The Bertz CT molecular complexity index is 475. The minimum absolute atomic E-state index is 0.740. The number of thiazole rings is 1. The van der Waals surface area contributed by atoms with E-state index < -0.39 is 0 Å². The normalized spacial score (nSPS) is 10.6. The highest BCUT2D eigenvalue weighted by Gasteiger charge is 2.04. The Morgan fingerprint density at radius 2 is 2.31 bits per heavy atom. The Hall–Kier alpha value is -0.510. The highest BCUT2D eigenvalue weighted by molar-refractivity contribution is 7.81. The summed E-state index contributed by atoms with van der Waals surface area (Å²) in [7, 11) is 0. The fourth-order valence-electron chi connectivity index (χ4n) is 1.05. The highest BCUT2D eigenvalue weighted by atomic mass is 35.5. The maximum Gasteiger partial charge on any atom is 0.131 e. The Morgan fingerprint density at radius 1 is 1.54 bits per heavy atom. The zero-order chi connectivity index (χ0) is 9.42. The van der Waals surface area contributed by atoms with Crippen molar-refractivity contribution in [2.45, 2.75) is 6.92 Å². The molecule has 66 valence electrons. The predicted octanol–water partition coefficient (Wildman–Crippen LogP) is 3.69. The van der Waals surface area contributed by atoms with Gasteiger partial charge >= 0.3 is 0 Å². The van der Waals surface area contributed by atoms with Gasteiger partial charge in [-0.3, -0.25) is 0 Å². The van der Waals surface area contributed by atoms with Crippen LogP contribution in [0.4, 0.5) is 0 Å².